The van der Waals surface area contributed by atoms with Crippen LogP contribution >= 0.6 is 23.2 Å². The first-order chi connectivity index (χ1) is 13.9. The van der Waals surface area contributed by atoms with Crippen LogP contribution in [-0.4, -0.2) is 71.7 Å². The molecule has 0 unspecified atom stereocenters. The first-order valence-electron chi connectivity index (χ1n) is 9.91. The molecule has 0 atom stereocenters. The standard InChI is InChI=1S/C21H25Cl2N3O3/c22-17-6-4-16(14-18(17)23)5-7-19(27)25-11-8-20(28)26(13-12-25)15-21(29)24-9-2-1-3-10-24/h4-7,14H,1-3,8-13,15H2. The van der Waals surface area contributed by atoms with Crippen LogP contribution in [0.25, 0.3) is 6.08 Å². The molecular formula is C21H25Cl2N3O3. The van der Waals surface area contributed by atoms with Gasteiger partial charge in [-0.05, 0) is 43.0 Å². The molecule has 3 rings (SSSR count). The van der Waals surface area contributed by atoms with Gasteiger partial charge in [-0.1, -0.05) is 29.3 Å². The van der Waals surface area contributed by atoms with E-state index in [1.165, 1.54) is 6.08 Å². The summed E-state index contributed by atoms with van der Waals surface area (Å²) in [6, 6.07) is 5.14. The molecule has 2 saturated heterocycles. The minimum absolute atomic E-state index is 0.00246. The lowest BCUT2D eigenvalue weighted by Gasteiger charge is -2.29. The van der Waals surface area contributed by atoms with Gasteiger partial charge in [-0.3, -0.25) is 14.4 Å². The maximum absolute atomic E-state index is 12.5. The zero-order valence-corrected chi connectivity index (χ0v) is 17.8. The second-order valence-electron chi connectivity index (χ2n) is 7.34. The molecule has 8 heteroatoms. The van der Waals surface area contributed by atoms with Crippen LogP contribution in [0, 0.1) is 0 Å². The quantitative estimate of drug-likeness (QED) is 0.679. The molecule has 0 bridgehead atoms. The Morgan fingerprint density at radius 1 is 0.931 bits per heavy atom. The van der Waals surface area contributed by atoms with Crippen LogP contribution < -0.4 is 0 Å². The number of carbonyl (C=O) groups is 3. The predicted molar refractivity (Wildman–Crippen MR) is 114 cm³/mol. The zero-order chi connectivity index (χ0) is 20.8. The van der Waals surface area contributed by atoms with Gasteiger partial charge in [0.1, 0.15) is 0 Å². The van der Waals surface area contributed by atoms with E-state index < -0.39 is 0 Å². The smallest absolute Gasteiger partial charge is 0.246 e. The maximum atomic E-state index is 12.5. The second-order valence-corrected chi connectivity index (χ2v) is 8.15. The largest absolute Gasteiger partial charge is 0.341 e. The Labute approximate surface area is 181 Å². The van der Waals surface area contributed by atoms with Crippen molar-refractivity contribution >= 4 is 47.0 Å². The molecular weight excluding hydrogens is 413 g/mol. The fraction of sp³-hybridized carbons (Fsp3) is 0.476. The molecule has 0 spiro atoms. The minimum Gasteiger partial charge on any atom is -0.341 e. The SMILES string of the molecule is O=C(C=Cc1ccc(Cl)c(Cl)c1)N1CCC(=O)N(CC(=O)N2CCCCC2)CC1. The molecule has 1 aromatic rings. The molecule has 0 N–H and O–H groups in total. The Morgan fingerprint density at radius 2 is 1.69 bits per heavy atom. The zero-order valence-electron chi connectivity index (χ0n) is 16.3. The van der Waals surface area contributed by atoms with Crippen LogP contribution in [0.3, 0.4) is 0 Å². The molecule has 0 saturated carbocycles. The summed E-state index contributed by atoms with van der Waals surface area (Å²) in [6.45, 7) is 2.75. The highest BCUT2D eigenvalue weighted by molar-refractivity contribution is 6.42. The third-order valence-electron chi connectivity index (χ3n) is 5.30. The molecule has 6 nitrogen and oxygen atoms in total. The Hall–Kier alpha value is -2.05. The van der Waals surface area contributed by atoms with Crippen LogP contribution in [0.2, 0.25) is 10.0 Å². The van der Waals surface area contributed by atoms with Gasteiger partial charge in [-0.15, -0.1) is 0 Å². The normalized spacial score (nSPS) is 18.3. The first kappa shape index (κ1) is 21.7. The molecule has 2 aliphatic rings. The van der Waals surface area contributed by atoms with Crippen LogP contribution in [0.15, 0.2) is 24.3 Å². The molecule has 29 heavy (non-hydrogen) atoms. The summed E-state index contributed by atoms with van der Waals surface area (Å²) in [5.41, 5.74) is 0.771. The monoisotopic (exact) mass is 437 g/mol. The third kappa shape index (κ3) is 5.97. The van der Waals surface area contributed by atoms with E-state index in [4.69, 9.17) is 23.2 Å². The Morgan fingerprint density at radius 3 is 2.41 bits per heavy atom. The molecule has 2 fully saturated rings. The Balaban J connectivity index is 1.55. The van der Waals surface area contributed by atoms with E-state index in [0.717, 1.165) is 37.9 Å². The highest BCUT2D eigenvalue weighted by atomic mass is 35.5. The first-order valence-corrected chi connectivity index (χ1v) is 10.7. The lowest BCUT2D eigenvalue weighted by atomic mass is 10.1. The van der Waals surface area contributed by atoms with E-state index in [0.29, 0.717) is 29.7 Å². The molecule has 0 radical (unpaired) electrons. The summed E-state index contributed by atoms with van der Waals surface area (Å²) in [6.07, 6.45) is 6.56. The van der Waals surface area contributed by atoms with Gasteiger partial charge in [0.15, 0.2) is 0 Å². The number of hydrogen-bond acceptors (Lipinski definition) is 3. The van der Waals surface area contributed by atoms with Gasteiger partial charge < -0.3 is 14.7 Å². The van der Waals surface area contributed by atoms with E-state index in [-0.39, 0.29) is 30.7 Å². The molecule has 2 heterocycles. The number of rotatable bonds is 4. The number of piperidine rings is 1. The Bertz CT molecular complexity index is 806. The second kappa shape index (κ2) is 10.1. The van der Waals surface area contributed by atoms with E-state index in [9.17, 15) is 14.4 Å². The van der Waals surface area contributed by atoms with Crippen molar-refractivity contribution < 1.29 is 14.4 Å². The van der Waals surface area contributed by atoms with Crippen molar-refractivity contribution in [2.45, 2.75) is 25.7 Å². The summed E-state index contributed by atoms with van der Waals surface area (Å²) in [5, 5.41) is 0.885. The average Bonchev–Trinajstić information content (AvgIpc) is 2.91. The number of benzene rings is 1. The molecule has 0 aliphatic carbocycles. The highest BCUT2D eigenvalue weighted by Crippen LogP contribution is 2.23. The van der Waals surface area contributed by atoms with Crippen molar-refractivity contribution in [2.24, 2.45) is 0 Å². The molecule has 2 aliphatic heterocycles. The molecule has 3 amide bonds. The van der Waals surface area contributed by atoms with E-state index in [2.05, 4.69) is 0 Å². The van der Waals surface area contributed by atoms with Gasteiger partial charge in [-0.25, -0.2) is 0 Å². The van der Waals surface area contributed by atoms with Crippen molar-refractivity contribution in [1.82, 2.24) is 14.7 Å². The van der Waals surface area contributed by atoms with Crippen molar-refractivity contribution in [3.05, 3.63) is 39.9 Å². The lowest BCUT2D eigenvalue weighted by molar-refractivity contribution is -0.140. The lowest BCUT2D eigenvalue weighted by Crippen LogP contribution is -2.45. The summed E-state index contributed by atoms with van der Waals surface area (Å²) < 4.78 is 0. The van der Waals surface area contributed by atoms with Crippen LogP contribution in [0.1, 0.15) is 31.2 Å². The predicted octanol–water partition coefficient (Wildman–Crippen LogP) is 3.08. The van der Waals surface area contributed by atoms with Crippen molar-refractivity contribution in [3.8, 4) is 0 Å². The van der Waals surface area contributed by atoms with Crippen molar-refractivity contribution in [2.75, 3.05) is 39.3 Å². The maximum Gasteiger partial charge on any atom is 0.246 e. The van der Waals surface area contributed by atoms with Gasteiger partial charge in [-0.2, -0.15) is 0 Å². The van der Waals surface area contributed by atoms with Crippen molar-refractivity contribution in [3.63, 3.8) is 0 Å². The number of halogens is 2. The summed E-state index contributed by atoms with van der Waals surface area (Å²) >= 11 is 11.9. The fourth-order valence-corrected chi connectivity index (χ4v) is 3.86. The number of likely N-dealkylation sites (tertiary alicyclic amines) is 1. The van der Waals surface area contributed by atoms with Gasteiger partial charge in [0.05, 0.1) is 16.6 Å². The van der Waals surface area contributed by atoms with E-state index in [1.807, 2.05) is 4.90 Å². The third-order valence-corrected chi connectivity index (χ3v) is 6.04. The molecule has 156 valence electrons. The highest BCUT2D eigenvalue weighted by Gasteiger charge is 2.26. The van der Waals surface area contributed by atoms with E-state index in [1.54, 1.807) is 34.1 Å². The van der Waals surface area contributed by atoms with Crippen LogP contribution in [-0.2, 0) is 14.4 Å². The fourth-order valence-electron chi connectivity index (χ4n) is 3.55. The number of hydrogen-bond donors (Lipinski definition) is 0. The summed E-state index contributed by atoms with van der Waals surface area (Å²) in [4.78, 5) is 42.5. The molecule has 0 aromatic heterocycles. The van der Waals surface area contributed by atoms with Gasteiger partial charge in [0.2, 0.25) is 17.7 Å². The van der Waals surface area contributed by atoms with Crippen molar-refractivity contribution in [1.29, 1.82) is 0 Å². The van der Waals surface area contributed by atoms with Gasteiger partial charge >= 0.3 is 0 Å². The Kier molecular flexibility index (Phi) is 7.56. The number of carbonyl (C=O) groups excluding carboxylic acids is 3. The van der Waals surface area contributed by atoms with Gasteiger partial charge in [0, 0.05) is 45.2 Å². The number of nitrogens with zero attached hydrogens (tertiary/aromatic N) is 3. The topological polar surface area (TPSA) is 60.9 Å². The van der Waals surface area contributed by atoms with E-state index >= 15 is 0 Å². The van der Waals surface area contributed by atoms with Crippen LogP contribution in [0.5, 0.6) is 0 Å². The van der Waals surface area contributed by atoms with Gasteiger partial charge in [0.25, 0.3) is 0 Å². The minimum atomic E-state index is -0.173. The van der Waals surface area contributed by atoms with Crippen LogP contribution in [0.4, 0.5) is 0 Å². The summed E-state index contributed by atoms with van der Waals surface area (Å²) in [7, 11) is 0. The average molecular weight is 438 g/mol. The number of amides is 3. The summed E-state index contributed by atoms with van der Waals surface area (Å²) in [5.74, 6) is -0.260. The molecule has 1 aromatic carbocycles.